The third-order valence-electron chi connectivity index (χ3n) is 3.35. The average Bonchev–Trinajstić information content (AvgIpc) is 3.12. The average molecular weight is 250 g/mol. The van der Waals surface area contributed by atoms with E-state index in [2.05, 4.69) is 17.3 Å². The summed E-state index contributed by atoms with van der Waals surface area (Å²) < 4.78 is 12.9. The molecule has 0 heterocycles. The Bertz CT molecular complexity index is 443. The van der Waals surface area contributed by atoms with Gasteiger partial charge >= 0.3 is 0 Å². The molecule has 4 heteroatoms. The van der Waals surface area contributed by atoms with Crippen LogP contribution in [0.1, 0.15) is 28.8 Å². The van der Waals surface area contributed by atoms with Crippen LogP contribution in [0.15, 0.2) is 18.2 Å². The van der Waals surface area contributed by atoms with Gasteiger partial charge in [-0.2, -0.15) is 0 Å². The number of rotatable bonds is 5. The molecule has 1 aromatic carbocycles. The van der Waals surface area contributed by atoms with E-state index in [9.17, 15) is 9.18 Å². The Morgan fingerprint density at radius 3 is 2.83 bits per heavy atom. The van der Waals surface area contributed by atoms with Gasteiger partial charge in [0.25, 0.3) is 5.91 Å². The van der Waals surface area contributed by atoms with E-state index in [4.69, 9.17) is 0 Å². The molecule has 0 bridgehead atoms. The van der Waals surface area contributed by atoms with Crippen molar-refractivity contribution in [3.05, 3.63) is 35.1 Å². The molecule has 1 aliphatic carbocycles. The summed E-state index contributed by atoms with van der Waals surface area (Å²) in [5, 5.41) is 2.87. The lowest BCUT2D eigenvalue weighted by atomic mass is 10.1. The molecule has 0 spiro atoms. The summed E-state index contributed by atoms with van der Waals surface area (Å²) in [5.41, 5.74) is 1.22. The third-order valence-corrected chi connectivity index (χ3v) is 3.35. The molecule has 0 atom stereocenters. The van der Waals surface area contributed by atoms with Gasteiger partial charge in [-0.15, -0.1) is 0 Å². The van der Waals surface area contributed by atoms with Gasteiger partial charge in [0, 0.05) is 24.7 Å². The summed E-state index contributed by atoms with van der Waals surface area (Å²) in [6.45, 7) is 3.23. The second-order valence-electron chi connectivity index (χ2n) is 4.93. The highest BCUT2D eigenvalue weighted by molar-refractivity contribution is 5.95. The third kappa shape index (κ3) is 3.29. The lowest BCUT2D eigenvalue weighted by molar-refractivity contribution is 0.0949. The monoisotopic (exact) mass is 250 g/mol. The van der Waals surface area contributed by atoms with E-state index >= 15 is 0 Å². The van der Waals surface area contributed by atoms with Crippen LogP contribution in [0.25, 0.3) is 0 Å². The minimum Gasteiger partial charge on any atom is -0.351 e. The zero-order valence-electron chi connectivity index (χ0n) is 10.9. The van der Waals surface area contributed by atoms with Crippen LogP contribution >= 0.6 is 0 Å². The maximum Gasteiger partial charge on any atom is 0.251 e. The molecule has 1 fully saturated rings. The lowest BCUT2D eigenvalue weighted by Gasteiger charge is -2.16. The van der Waals surface area contributed by atoms with Gasteiger partial charge in [0.2, 0.25) is 0 Å². The topological polar surface area (TPSA) is 32.3 Å². The molecule has 3 nitrogen and oxygen atoms in total. The smallest absolute Gasteiger partial charge is 0.251 e. The van der Waals surface area contributed by atoms with E-state index in [1.807, 2.05) is 0 Å². The number of nitrogens with zero attached hydrogens (tertiary/aromatic N) is 1. The minimum absolute atomic E-state index is 0.128. The van der Waals surface area contributed by atoms with Crippen LogP contribution in [-0.4, -0.2) is 37.0 Å². The maximum atomic E-state index is 12.9. The number of nitrogens with one attached hydrogen (secondary N) is 1. The van der Waals surface area contributed by atoms with Crippen molar-refractivity contribution in [1.29, 1.82) is 0 Å². The van der Waals surface area contributed by atoms with Crippen molar-refractivity contribution in [1.82, 2.24) is 10.2 Å². The highest BCUT2D eigenvalue weighted by Gasteiger charge is 2.25. The summed E-state index contributed by atoms with van der Waals surface area (Å²) in [5.74, 6) is -0.436. The normalized spacial score (nSPS) is 14.9. The summed E-state index contributed by atoms with van der Waals surface area (Å²) in [6, 6.07) is 4.93. The van der Waals surface area contributed by atoms with Crippen molar-refractivity contribution in [2.24, 2.45) is 0 Å². The highest BCUT2D eigenvalue weighted by atomic mass is 19.1. The fraction of sp³-hybridized carbons (Fsp3) is 0.500. The second kappa shape index (κ2) is 5.48. The lowest BCUT2D eigenvalue weighted by Crippen LogP contribution is -2.34. The molecule has 98 valence electrons. The van der Waals surface area contributed by atoms with Crippen molar-refractivity contribution in [3.8, 4) is 0 Å². The van der Waals surface area contributed by atoms with E-state index in [0.29, 0.717) is 23.7 Å². The van der Waals surface area contributed by atoms with Gasteiger partial charge in [0.15, 0.2) is 0 Å². The van der Waals surface area contributed by atoms with E-state index in [-0.39, 0.29) is 11.7 Å². The Balaban J connectivity index is 1.83. The van der Waals surface area contributed by atoms with E-state index in [0.717, 1.165) is 6.54 Å². The van der Waals surface area contributed by atoms with Crippen molar-refractivity contribution in [3.63, 3.8) is 0 Å². The predicted octanol–water partition coefficient (Wildman–Crippen LogP) is 1.96. The maximum absolute atomic E-state index is 12.9. The van der Waals surface area contributed by atoms with E-state index < -0.39 is 0 Å². The number of carbonyl (C=O) groups excluding carboxylic acids is 1. The first kappa shape index (κ1) is 13.0. The summed E-state index contributed by atoms with van der Waals surface area (Å²) in [4.78, 5) is 14.2. The first-order valence-corrected chi connectivity index (χ1v) is 6.32. The minimum atomic E-state index is -0.308. The Kier molecular flexibility index (Phi) is 3.97. The van der Waals surface area contributed by atoms with E-state index in [1.165, 1.54) is 31.0 Å². The van der Waals surface area contributed by atoms with Gasteiger partial charge in [-0.25, -0.2) is 4.39 Å². The van der Waals surface area contributed by atoms with Crippen LogP contribution in [0.5, 0.6) is 0 Å². The Labute approximate surface area is 107 Å². The predicted molar refractivity (Wildman–Crippen MR) is 69.1 cm³/mol. The number of amides is 1. The van der Waals surface area contributed by atoms with Crippen LogP contribution < -0.4 is 5.32 Å². The molecule has 0 unspecified atom stereocenters. The van der Waals surface area contributed by atoms with Gasteiger partial charge < -0.3 is 10.2 Å². The highest BCUT2D eigenvalue weighted by Crippen LogP contribution is 2.24. The first-order chi connectivity index (χ1) is 8.58. The number of halogens is 1. The second-order valence-corrected chi connectivity index (χ2v) is 4.93. The Morgan fingerprint density at radius 1 is 1.50 bits per heavy atom. The fourth-order valence-electron chi connectivity index (χ4n) is 2.02. The molecule has 0 aromatic heterocycles. The number of benzene rings is 1. The molecule has 2 rings (SSSR count). The molecule has 0 saturated heterocycles. The molecule has 18 heavy (non-hydrogen) atoms. The molecule has 1 N–H and O–H groups in total. The zero-order chi connectivity index (χ0) is 13.1. The van der Waals surface area contributed by atoms with Crippen LogP contribution in [0.3, 0.4) is 0 Å². The number of hydrogen-bond acceptors (Lipinski definition) is 2. The van der Waals surface area contributed by atoms with Crippen LogP contribution in [-0.2, 0) is 0 Å². The summed E-state index contributed by atoms with van der Waals surface area (Å²) in [7, 11) is 2.08. The van der Waals surface area contributed by atoms with Crippen molar-refractivity contribution in [2.45, 2.75) is 25.8 Å². The van der Waals surface area contributed by atoms with Gasteiger partial charge in [0.1, 0.15) is 5.82 Å². The molecule has 0 aliphatic heterocycles. The molecule has 1 saturated carbocycles. The number of aryl methyl sites for hydroxylation is 1. The molecule has 1 amide bonds. The number of carbonyl (C=O) groups is 1. The van der Waals surface area contributed by atoms with E-state index in [1.54, 1.807) is 6.92 Å². The van der Waals surface area contributed by atoms with Gasteiger partial charge in [-0.05, 0) is 50.6 Å². The molecule has 1 aliphatic rings. The van der Waals surface area contributed by atoms with Crippen LogP contribution in [0, 0.1) is 12.7 Å². The van der Waals surface area contributed by atoms with Gasteiger partial charge in [-0.3, -0.25) is 4.79 Å². The van der Waals surface area contributed by atoms with Gasteiger partial charge in [-0.1, -0.05) is 0 Å². The Hall–Kier alpha value is -1.42. The zero-order valence-corrected chi connectivity index (χ0v) is 10.9. The molecular formula is C14H19FN2O. The molecular weight excluding hydrogens is 231 g/mol. The first-order valence-electron chi connectivity index (χ1n) is 6.32. The molecule has 0 radical (unpaired) electrons. The van der Waals surface area contributed by atoms with Crippen LogP contribution in [0.4, 0.5) is 4.39 Å². The number of likely N-dealkylation sites (N-methyl/N-ethyl adjacent to an activating group) is 1. The molecule has 1 aromatic rings. The van der Waals surface area contributed by atoms with Crippen molar-refractivity contribution in [2.75, 3.05) is 20.1 Å². The Morgan fingerprint density at radius 2 is 2.22 bits per heavy atom. The SMILES string of the molecule is Cc1cc(F)ccc1C(=O)NCCN(C)C1CC1. The van der Waals surface area contributed by atoms with Crippen molar-refractivity contribution >= 4 is 5.91 Å². The largest absolute Gasteiger partial charge is 0.351 e. The standard InChI is InChI=1S/C14H19FN2O/c1-10-9-11(15)3-6-13(10)14(18)16-7-8-17(2)12-4-5-12/h3,6,9,12H,4-5,7-8H2,1-2H3,(H,16,18). The number of hydrogen-bond donors (Lipinski definition) is 1. The fourth-order valence-corrected chi connectivity index (χ4v) is 2.02. The van der Waals surface area contributed by atoms with Crippen molar-refractivity contribution < 1.29 is 9.18 Å². The summed E-state index contributed by atoms with van der Waals surface area (Å²) >= 11 is 0. The quantitative estimate of drug-likeness (QED) is 0.866. The van der Waals surface area contributed by atoms with Crippen LogP contribution in [0.2, 0.25) is 0 Å². The summed E-state index contributed by atoms with van der Waals surface area (Å²) in [6.07, 6.45) is 2.53. The van der Waals surface area contributed by atoms with Gasteiger partial charge in [0.05, 0.1) is 0 Å².